The predicted molar refractivity (Wildman–Crippen MR) is 171 cm³/mol. The molecule has 1 aliphatic rings. The van der Waals surface area contributed by atoms with Gasteiger partial charge in [0.25, 0.3) is 0 Å². The fourth-order valence-corrected chi connectivity index (χ4v) is 5.43. The van der Waals surface area contributed by atoms with Crippen LogP contribution in [0.3, 0.4) is 0 Å². The first-order valence-corrected chi connectivity index (χ1v) is 14.3. The van der Waals surface area contributed by atoms with Gasteiger partial charge in [0.1, 0.15) is 5.69 Å². The van der Waals surface area contributed by atoms with Gasteiger partial charge in [0.2, 0.25) is 0 Å². The summed E-state index contributed by atoms with van der Waals surface area (Å²) in [6.45, 7) is 16.5. The zero-order valence-electron chi connectivity index (χ0n) is 24.5. The molecule has 0 radical (unpaired) electrons. The van der Waals surface area contributed by atoms with Gasteiger partial charge in [-0.1, -0.05) is 55.6 Å². The number of allylic oxidation sites excluding steroid dienone is 4. The van der Waals surface area contributed by atoms with E-state index in [4.69, 9.17) is 0 Å². The van der Waals surface area contributed by atoms with Gasteiger partial charge in [-0.2, -0.15) is 5.10 Å². The Kier molecular flexibility index (Phi) is 8.80. The maximum atomic E-state index is 4.68. The quantitative estimate of drug-likeness (QED) is 0.292. The number of benzene rings is 1. The number of hydrogen-bond acceptors (Lipinski definition) is 4. The Hall–Kier alpha value is -4.42. The molecule has 0 atom stereocenters. The number of nitrogens with zero attached hydrogens (tertiary/aromatic N) is 4. The molecule has 210 valence electrons. The molecular weight excluding hydrogens is 504 g/mol. The number of rotatable bonds is 9. The van der Waals surface area contributed by atoms with E-state index in [2.05, 4.69) is 125 Å². The fraction of sp³-hybridized carbons (Fsp3) is 0.257. The Morgan fingerprint density at radius 3 is 2.51 bits per heavy atom. The largest absolute Gasteiger partial charge is 0.368 e. The lowest BCUT2D eigenvalue weighted by Crippen LogP contribution is -2.43. The standard InChI is InChI=1S/C35H40N6/c1-6-11-34(41-18-16-40(5)17-19-41)31-22-33(37-25(31)3)35-32(26(4)38-39-35)21-29(7-2)30-20-28(23-36-24-30)15-14-27-12-9-8-10-13-27/h6-13,20-24,37-38H,1,4,14-19H2,2-3,5H3/b29-7+,32-21+,34-11+. The lowest BCUT2D eigenvalue weighted by atomic mass is 10.0. The first-order valence-electron chi connectivity index (χ1n) is 14.3. The Bertz CT molecular complexity index is 1660. The smallest absolute Gasteiger partial charge is 0.116 e. The maximum Gasteiger partial charge on any atom is 0.116 e. The van der Waals surface area contributed by atoms with Gasteiger partial charge in [-0.05, 0) is 80.3 Å². The number of H-pyrrole nitrogens is 2. The van der Waals surface area contributed by atoms with E-state index in [-0.39, 0.29) is 0 Å². The zero-order valence-corrected chi connectivity index (χ0v) is 24.5. The number of piperazine rings is 1. The van der Waals surface area contributed by atoms with E-state index in [0.717, 1.165) is 77.8 Å². The highest BCUT2D eigenvalue weighted by atomic mass is 15.3. The number of aryl methyl sites for hydroxylation is 3. The molecule has 1 saturated heterocycles. The first kappa shape index (κ1) is 28.1. The third-order valence-electron chi connectivity index (χ3n) is 7.83. The van der Waals surface area contributed by atoms with Gasteiger partial charge in [0.15, 0.2) is 0 Å². The molecule has 1 aromatic carbocycles. The van der Waals surface area contributed by atoms with Crippen LogP contribution in [-0.4, -0.2) is 63.2 Å². The summed E-state index contributed by atoms with van der Waals surface area (Å²) in [7, 11) is 2.18. The summed E-state index contributed by atoms with van der Waals surface area (Å²) < 4.78 is 0. The highest BCUT2D eigenvalue weighted by molar-refractivity contribution is 5.89. The Labute approximate surface area is 243 Å². The molecule has 5 rings (SSSR count). The Balaban J connectivity index is 1.45. The molecule has 0 saturated carbocycles. The summed E-state index contributed by atoms with van der Waals surface area (Å²) in [5.74, 6) is 0. The lowest BCUT2D eigenvalue weighted by Gasteiger charge is -2.35. The van der Waals surface area contributed by atoms with Crippen LogP contribution in [0.2, 0.25) is 0 Å². The molecule has 6 heteroatoms. The Morgan fingerprint density at radius 2 is 1.78 bits per heavy atom. The van der Waals surface area contributed by atoms with Crippen molar-refractivity contribution < 1.29 is 0 Å². The molecule has 2 N–H and O–H groups in total. The summed E-state index contributed by atoms with van der Waals surface area (Å²) in [6, 6.07) is 15.0. The Morgan fingerprint density at radius 1 is 1.02 bits per heavy atom. The van der Waals surface area contributed by atoms with Gasteiger partial charge in [0.05, 0.1) is 11.0 Å². The second-order valence-electron chi connectivity index (χ2n) is 10.7. The van der Waals surface area contributed by atoms with Gasteiger partial charge in [0, 0.05) is 60.7 Å². The first-order chi connectivity index (χ1) is 20.0. The van der Waals surface area contributed by atoms with Crippen molar-refractivity contribution in [2.45, 2.75) is 26.7 Å². The molecule has 1 fully saturated rings. The van der Waals surface area contributed by atoms with Crippen LogP contribution in [-0.2, 0) is 12.8 Å². The fourth-order valence-electron chi connectivity index (χ4n) is 5.43. The number of pyridine rings is 1. The van der Waals surface area contributed by atoms with Crippen LogP contribution in [0.5, 0.6) is 0 Å². The molecule has 4 aromatic rings. The van der Waals surface area contributed by atoms with E-state index in [1.807, 2.05) is 18.5 Å². The third kappa shape index (κ3) is 6.50. The molecule has 0 bridgehead atoms. The minimum Gasteiger partial charge on any atom is -0.368 e. The van der Waals surface area contributed by atoms with Crippen molar-refractivity contribution in [3.05, 3.63) is 118 Å². The van der Waals surface area contributed by atoms with Crippen LogP contribution in [0.1, 0.15) is 34.9 Å². The van der Waals surface area contributed by atoms with Crippen molar-refractivity contribution >= 4 is 23.9 Å². The molecule has 0 aliphatic carbocycles. The number of aromatic nitrogens is 4. The highest BCUT2D eigenvalue weighted by Crippen LogP contribution is 2.28. The second-order valence-corrected chi connectivity index (χ2v) is 10.7. The summed E-state index contributed by atoms with van der Waals surface area (Å²) in [5, 5.41) is 9.54. The van der Waals surface area contributed by atoms with Crippen LogP contribution >= 0.6 is 0 Å². The normalized spacial score (nSPS) is 15.5. The van der Waals surface area contributed by atoms with Crippen LogP contribution in [0.15, 0.2) is 79.7 Å². The number of likely N-dealkylation sites (N-methyl/N-ethyl adjacent to an activating group) is 1. The van der Waals surface area contributed by atoms with Crippen LogP contribution in [0.4, 0.5) is 0 Å². The van der Waals surface area contributed by atoms with Crippen LogP contribution in [0.25, 0.3) is 35.3 Å². The van der Waals surface area contributed by atoms with Crippen molar-refractivity contribution in [1.29, 1.82) is 0 Å². The summed E-state index contributed by atoms with van der Waals surface area (Å²) in [5.41, 5.74) is 10.0. The van der Waals surface area contributed by atoms with Gasteiger partial charge >= 0.3 is 0 Å². The van der Waals surface area contributed by atoms with E-state index in [0.29, 0.717) is 0 Å². The topological polar surface area (TPSA) is 63.8 Å². The number of nitrogens with one attached hydrogen (secondary N) is 2. The molecule has 3 aromatic heterocycles. The highest BCUT2D eigenvalue weighted by Gasteiger charge is 2.21. The van der Waals surface area contributed by atoms with Crippen molar-refractivity contribution in [3.8, 4) is 11.4 Å². The maximum absolute atomic E-state index is 4.68. The van der Waals surface area contributed by atoms with E-state index in [1.54, 1.807) is 0 Å². The van der Waals surface area contributed by atoms with Gasteiger partial charge in [-0.15, -0.1) is 0 Å². The van der Waals surface area contributed by atoms with Crippen LogP contribution in [0, 0.1) is 6.92 Å². The van der Waals surface area contributed by atoms with Crippen LogP contribution < -0.4 is 10.6 Å². The van der Waals surface area contributed by atoms with E-state index < -0.39 is 0 Å². The molecule has 1 aliphatic heterocycles. The van der Waals surface area contributed by atoms with E-state index in [1.165, 1.54) is 22.4 Å². The van der Waals surface area contributed by atoms with Gasteiger partial charge in [-0.3, -0.25) is 10.1 Å². The average Bonchev–Trinajstić information content (AvgIpc) is 3.56. The third-order valence-corrected chi connectivity index (χ3v) is 7.83. The number of hydrogen-bond donors (Lipinski definition) is 2. The van der Waals surface area contributed by atoms with E-state index in [9.17, 15) is 0 Å². The van der Waals surface area contributed by atoms with Crippen molar-refractivity contribution in [2.75, 3.05) is 33.2 Å². The van der Waals surface area contributed by atoms with Crippen molar-refractivity contribution in [2.24, 2.45) is 0 Å². The molecular formula is C35H40N6. The molecule has 4 heterocycles. The summed E-state index contributed by atoms with van der Waals surface area (Å²) >= 11 is 0. The van der Waals surface area contributed by atoms with Gasteiger partial charge < -0.3 is 14.8 Å². The van der Waals surface area contributed by atoms with Crippen molar-refractivity contribution in [1.82, 2.24) is 30.0 Å². The predicted octanol–water partition coefficient (Wildman–Crippen LogP) is 4.96. The lowest BCUT2D eigenvalue weighted by molar-refractivity contribution is 0.207. The average molecular weight is 545 g/mol. The monoisotopic (exact) mass is 544 g/mol. The van der Waals surface area contributed by atoms with Gasteiger partial charge in [-0.25, -0.2) is 0 Å². The van der Waals surface area contributed by atoms with Crippen molar-refractivity contribution in [3.63, 3.8) is 0 Å². The molecule has 6 nitrogen and oxygen atoms in total. The summed E-state index contributed by atoms with van der Waals surface area (Å²) in [6.07, 6.45) is 14.1. The molecule has 0 unspecified atom stereocenters. The SMILES string of the molecule is C=C/C=C(\c1cc(-c2n[nH]c(=C)/c2=C\C(=C/C)c2cncc(CCc3ccccc3)c2)[nH]c1C)N1CCN(C)CC1. The second kappa shape index (κ2) is 12.8. The number of aromatic amines is 2. The minimum atomic E-state index is 0.780. The zero-order chi connectivity index (χ0) is 28.8. The minimum absolute atomic E-state index is 0.780. The summed E-state index contributed by atoms with van der Waals surface area (Å²) in [4.78, 5) is 13.0. The van der Waals surface area contributed by atoms with E-state index >= 15 is 0 Å². The molecule has 41 heavy (non-hydrogen) atoms. The molecule has 0 spiro atoms. The molecule has 0 amide bonds.